The van der Waals surface area contributed by atoms with Crippen molar-refractivity contribution < 1.29 is 9.59 Å². The second-order valence-electron chi connectivity index (χ2n) is 3.85. The molecule has 0 unspecified atom stereocenters. The largest absolute Gasteiger partial charge is 0.301 e. The molecule has 0 atom stereocenters. The van der Waals surface area contributed by atoms with Gasteiger partial charge < -0.3 is 4.90 Å². The molecule has 0 aromatic heterocycles. The first-order chi connectivity index (χ1) is 8.58. The third kappa shape index (κ3) is 1.68. The first-order valence-corrected chi connectivity index (χ1v) is 6.49. The smallest absolute Gasteiger partial charge is 0.235 e. The van der Waals surface area contributed by atoms with Gasteiger partial charge in [0.05, 0.1) is 40.1 Å². The first-order valence-electron chi connectivity index (χ1n) is 5.00. The maximum absolute atomic E-state index is 11.8. The molecule has 0 radical (unpaired) electrons. The third-order valence-electron chi connectivity index (χ3n) is 2.67. The number of hydrogen-bond donors (Lipinski definition) is 0. The normalized spacial score (nSPS) is 17.3. The number of carbonyl (C=O) groups is 2. The Labute approximate surface area is 116 Å². The van der Waals surface area contributed by atoms with E-state index in [1.54, 1.807) is 0 Å². The van der Waals surface area contributed by atoms with E-state index in [1.165, 1.54) is 11.0 Å². The van der Waals surface area contributed by atoms with Crippen LogP contribution in [0.3, 0.4) is 0 Å². The SMILES string of the molecule is O=C1CC(=O)N(c2c(Cl)cc(Cl)c3c2N=S=N3)C1. The number of Topliss-reactive ketones (excluding diaryl/α,β-unsaturated/α-hetero) is 1. The molecule has 0 N–H and O–H groups in total. The lowest BCUT2D eigenvalue weighted by Crippen LogP contribution is -2.24. The summed E-state index contributed by atoms with van der Waals surface area (Å²) in [6.07, 6.45) is -0.0992. The summed E-state index contributed by atoms with van der Waals surface area (Å²) in [5, 5.41) is 0.675. The van der Waals surface area contributed by atoms with Gasteiger partial charge in [-0.3, -0.25) is 9.59 Å². The number of hydrogen-bond acceptors (Lipinski definition) is 4. The molecule has 0 saturated carbocycles. The van der Waals surface area contributed by atoms with Crippen molar-refractivity contribution in [1.82, 2.24) is 0 Å². The van der Waals surface area contributed by atoms with Gasteiger partial charge in [0.25, 0.3) is 0 Å². The third-order valence-corrected chi connectivity index (χ3v) is 3.78. The van der Waals surface area contributed by atoms with E-state index < -0.39 is 0 Å². The Morgan fingerprint density at radius 2 is 1.89 bits per heavy atom. The number of nitrogens with zero attached hydrogens (tertiary/aromatic N) is 3. The summed E-state index contributed by atoms with van der Waals surface area (Å²) < 4.78 is 8.15. The second-order valence-corrected chi connectivity index (χ2v) is 5.19. The molecular weight excluding hydrogens is 297 g/mol. The van der Waals surface area contributed by atoms with Crippen LogP contribution < -0.4 is 4.90 Å². The fourth-order valence-corrected chi connectivity index (χ4v) is 3.12. The number of carbonyl (C=O) groups excluding carboxylic acids is 2. The van der Waals surface area contributed by atoms with Crippen molar-refractivity contribution in [3.8, 4) is 0 Å². The van der Waals surface area contributed by atoms with Gasteiger partial charge in [-0.2, -0.15) is 8.73 Å². The Morgan fingerprint density at radius 1 is 1.17 bits per heavy atom. The topological polar surface area (TPSA) is 62.1 Å². The molecule has 0 spiro atoms. The van der Waals surface area contributed by atoms with Crippen molar-refractivity contribution in [2.24, 2.45) is 8.73 Å². The minimum Gasteiger partial charge on any atom is -0.301 e. The molecule has 2 heterocycles. The van der Waals surface area contributed by atoms with Crippen molar-refractivity contribution in [2.45, 2.75) is 6.42 Å². The van der Waals surface area contributed by atoms with Crippen molar-refractivity contribution in [2.75, 3.05) is 11.4 Å². The van der Waals surface area contributed by atoms with Crippen LogP contribution in [-0.4, -0.2) is 18.2 Å². The summed E-state index contributed by atoms with van der Waals surface area (Å²) in [6, 6.07) is 1.51. The van der Waals surface area contributed by atoms with Crippen LogP contribution in [0, 0.1) is 0 Å². The number of amides is 1. The standard InChI is InChI=1S/C10H5Cl2N3O2S/c11-5-2-6(12)10(9-8(5)13-18-14-9)15-3-4(16)1-7(15)17/h2H,1,3H2. The van der Waals surface area contributed by atoms with E-state index in [9.17, 15) is 9.59 Å². The number of fused-ring (bicyclic) bond motifs is 1. The molecule has 92 valence electrons. The summed E-state index contributed by atoms with van der Waals surface area (Å²) in [5.41, 5.74) is 1.37. The average molecular weight is 302 g/mol. The van der Waals surface area contributed by atoms with Crippen molar-refractivity contribution >= 4 is 63.3 Å². The van der Waals surface area contributed by atoms with Crippen LogP contribution in [0.1, 0.15) is 6.42 Å². The highest BCUT2D eigenvalue weighted by atomic mass is 35.5. The van der Waals surface area contributed by atoms with Crippen LogP contribution in [0.25, 0.3) is 0 Å². The molecule has 1 aromatic rings. The molecule has 0 aliphatic carbocycles. The number of benzene rings is 1. The van der Waals surface area contributed by atoms with Crippen LogP contribution in [0.2, 0.25) is 10.0 Å². The molecule has 0 bridgehead atoms. The Balaban J connectivity index is 2.19. The molecule has 2 aliphatic heterocycles. The fourth-order valence-electron chi connectivity index (χ4n) is 1.91. The molecule has 18 heavy (non-hydrogen) atoms. The fraction of sp³-hybridized carbons (Fsp3) is 0.200. The van der Waals surface area contributed by atoms with Gasteiger partial charge in [-0.1, -0.05) is 23.2 Å². The van der Waals surface area contributed by atoms with Crippen molar-refractivity contribution in [1.29, 1.82) is 0 Å². The summed E-state index contributed by atoms with van der Waals surface area (Å²) in [5.74, 6) is -0.416. The van der Waals surface area contributed by atoms with E-state index in [4.69, 9.17) is 23.2 Å². The van der Waals surface area contributed by atoms with E-state index in [0.717, 1.165) is 11.4 Å². The number of anilines is 1. The highest BCUT2D eigenvalue weighted by Gasteiger charge is 2.33. The van der Waals surface area contributed by atoms with Crippen molar-refractivity contribution in [3.63, 3.8) is 0 Å². The van der Waals surface area contributed by atoms with Crippen LogP contribution in [-0.2, 0) is 20.9 Å². The van der Waals surface area contributed by atoms with Gasteiger partial charge in [0.2, 0.25) is 5.91 Å². The number of rotatable bonds is 1. The Kier molecular flexibility index (Phi) is 2.73. The predicted molar refractivity (Wildman–Crippen MR) is 70.0 cm³/mol. The zero-order chi connectivity index (χ0) is 12.9. The van der Waals surface area contributed by atoms with E-state index in [-0.39, 0.29) is 24.7 Å². The highest BCUT2D eigenvalue weighted by Crippen LogP contribution is 2.49. The lowest BCUT2D eigenvalue weighted by atomic mass is 10.2. The lowest BCUT2D eigenvalue weighted by Gasteiger charge is -2.18. The molecule has 2 aliphatic rings. The molecule has 1 saturated heterocycles. The molecule has 5 nitrogen and oxygen atoms in total. The summed E-state index contributed by atoms with van der Waals surface area (Å²) in [4.78, 5) is 24.4. The molecule has 1 amide bonds. The van der Waals surface area contributed by atoms with E-state index >= 15 is 0 Å². The number of halogens is 2. The average Bonchev–Trinajstić information content (AvgIpc) is 2.87. The zero-order valence-electron chi connectivity index (χ0n) is 8.81. The van der Waals surface area contributed by atoms with Crippen LogP contribution in [0.5, 0.6) is 0 Å². The Hall–Kier alpha value is -1.24. The molecule has 1 aromatic carbocycles. The molecule has 3 rings (SSSR count). The minimum atomic E-state index is -0.279. The van der Waals surface area contributed by atoms with Gasteiger partial charge in [-0.05, 0) is 6.07 Å². The Morgan fingerprint density at radius 3 is 2.56 bits per heavy atom. The summed E-state index contributed by atoms with van der Waals surface area (Å²) >= 11 is 13.1. The maximum atomic E-state index is 11.8. The monoisotopic (exact) mass is 301 g/mol. The van der Waals surface area contributed by atoms with Crippen LogP contribution in [0.4, 0.5) is 17.1 Å². The minimum absolute atomic E-state index is 0.0206. The van der Waals surface area contributed by atoms with Gasteiger partial charge >= 0.3 is 0 Å². The van der Waals surface area contributed by atoms with Gasteiger partial charge in [0, 0.05) is 0 Å². The number of ketones is 1. The molecule has 1 fully saturated rings. The van der Waals surface area contributed by atoms with Gasteiger partial charge in [-0.25, -0.2) is 0 Å². The highest BCUT2D eigenvalue weighted by molar-refractivity contribution is 7.58. The van der Waals surface area contributed by atoms with Gasteiger partial charge in [-0.15, -0.1) is 0 Å². The van der Waals surface area contributed by atoms with E-state index in [0.29, 0.717) is 27.1 Å². The quantitative estimate of drug-likeness (QED) is 0.760. The van der Waals surface area contributed by atoms with Gasteiger partial charge in [0.1, 0.15) is 11.4 Å². The summed E-state index contributed by atoms with van der Waals surface area (Å²) in [6.45, 7) is 0.0206. The summed E-state index contributed by atoms with van der Waals surface area (Å²) in [7, 11) is 0. The van der Waals surface area contributed by atoms with Crippen LogP contribution in [0.15, 0.2) is 14.8 Å². The Bertz CT molecular complexity index is 668. The van der Waals surface area contributed by atoms with Crippen molar-refractivity contribution in [3.05, 3.63) is 16.1 Å². The predicted octanol–water partition coefficient (Wildman–Crippen LogP) is 3.03. The molecule has 8 heteroatoms. The first kappa shape index (κ1) is 11.8. The van der Waals surface area contributed by atoms with Crippen LogP contribution >= 0.6 is 23.2 Å². The molecular formula is C10H5Cl2N3O2S. The zero-order valence-corrected chi connectivity index (χ0v) is 11.1. The maximum Gasteiger partial charge on any atom is 0.235 e. The van der Waals surface area contributed by atoms with Gasteiger partial charge in [0.15, 0.2) is 5.78 Å². The van der Waals surface area contributed by atoms with E-state index in [1.807, 2.05) is 0 Å². The second kappa shape index (κ2) is 4.15. The van der Waals surface area contributed by atoms with E-state index in [2.05, 4.69) is 8.73 Å². The lowest BCUT2D eigenvalue weighted by molar-refractivity contribution is -0.121.